The van der Waals surface area contributed by atoms with E-state index >= 15 is 0 Å². The molecule has 0 fully saturated rings. The quantitative estimate of drug-likeness (QED) is 0.544. The molecule has 0 saturated heterocycles. The lowest BCUT2D eigenvalue weighted by Crippen LogP contribution is -2.26. The first-order chi connectivity index (χ1) is 14.2. The van der Waals surface area contributed by atoms with Crippen LogP contribution in [-0.2, 0) is 6.42 Å². The van der Waals surface area contributed by atoms with Gasteiger partial charge in [-0.1, -0.05) is 42.4 Å². The first kappa shape index (κ1) is 18.5. The van der Waals surface area contributed by atoms with Crippen LogP contribution in [0.3, 0.4) is 0 Å². The van der Waals surface area contributed by atoms with Crippen LogP contribution in [0.1, 0.15) is 41.8 Å². The third-order valence-electron chi connectivity index (χ3n) is 4.51. The van der Waals surface area contributed by atoms with Crippen molar-refractivity contribution < 1.29 is 9.32 Å². The van der Waals surface area contributed by atoms with Crippen molar-refractivity contribution in [1.82, 2.24) is 30.0 Å². The van der Waals surface area contributed by atoms with E-state index < -0.39 is 0 Å². The Morgan fingerprint density at radius 3 is 2.76 bits per heavy atom. The second kappa shape index (κ2) is 8.05. The Bertz CT molecular complexity index is 1120. The van der Waals surface area contributed by atoms with Crippen LogP contribution in [0, 0.1) is 0 Å². The van der Waals surface area contributed by atoms with Gasteiger partial charge in [-0.25, -0.2) is 9.97 Å². The molecule has 1 amide bonds. The molecule has 0 spiro atoms. The minimum absolute atomic E-state index is 0.134. The van der Waals surface area contributed by atoms with Gasteiger partial charge in [0, 0.05) is 18.8 Å². The molecule has 29 heavy (non-hydrogen) atoms. The van der Waals surface area contributed by atoms with Crippen LogP contribution in [0.4, 0.5) is 0 Å². The number of amides is 1. The Hall–Kier alpha value is -3.81. The second-order valence-electron chi connectivity index (χ2n) is 6.52. The molecule has 4 aromatic rings. The van der Waals surface area contributed by atoms with Crippen LogP contribution in [-0.4, -0.2) is 30.6 Å². The predicted octanol–water partition coefficient (Wildman–Crippen LogP) is 3.37. The lowest BCUT2D eigenvalue weighted by Gasteiger charge is -2.13. The van der Waals surface area contributed by atoms with Crippen LogP contribution < -0.4 is 5.32 Å². The van der Waals surface area contributed by atoms with Crippen LogP contribution in [0.5, 0.6) is 0 Å². The van der Waals surface area contributed by atoms with Gasteiger partial charge < -0.3 is 9.84 Å². The third-order valence-corrected chi connectivity index (χ3v) is 4.51. The molecule has 8 nitrogen and oxygen atoms in total. The fraction of sp³-hybridized carbons (Fsp3) is 0.190. The van der Waals surface area contributed by atoms with E-state index in [0.29, 0.717) is 35.2 Å². The van der Waals surface area contributed by atoms with Crippen molar-refractivity contribution in [2.24, 2.45) is 0 Å². The summed E-state index contributed by atoms with van der Waals surface area (Å²) in [7, 11) is 0. The van der Waals surface area contributed by atoms with Crippen molar-refractivity contribution in [3.05, 3.63) is 78.3 Å². The fourth-order valence-electron chi connectivity index (χ4n) is 2.93. The molecule has 1 N–H and O–H groups in total. The molecule has 4 rings (SSSR count). The molecular weight excluding hydrogens is 368 g/mol. The zero-order valence-electron chi connectivity index (χ0n) is 16.1. The Labute approximate surface area is 167 Å². The number of benzene rings is 1. The highest BCUT2D eigenvalue weighted by atomic mass is 16.5. The number of nitrogens with zero attached hydrogens (tertiary/aromatic N) is 5. The molecule has 146 valence electrons. The van der Waals surface area contributed by atoms with Gasteiger partial charge in [-0.05, 0) is 24.6 Å². The predicted molar refractivity (Wildman–Crippen MR) is 106 cm³/mol. The Kier molecular flexibility index (Phi) is 5.15. The highest BCUT2D eigenvalue weighted by Crippen LogP contribution is 2.23. The normalized spacial score (nSPS) is 11.9. The number of carbonyl (C=O) groups is 1. The maximum Gasteiger partial charge on any atom is 0.271 e. The summed E-state index contributed by atoms with van der Waals surface area (Å²) in [5.41, 5.74) is 1.99. The number of hydrogen-bond donors (Lipinski definition) is 1. The van der Waals surface area contributed by atoms with E-state index in [1.807, 2.05) is 50.2 Å². The molecular formula is C21H20N6O2. The van der Waals surface area contributed by atoms with Crippen molar-refractivity contribution >= 4 is 5.91 Å². The van der Waals surface area contributed by atoms with Crippen molar-refractivity contribution in [3.8, 4) is 17.3 Å². The van der Waals surface area contributed by atoms with Gasteiger partial charge >= 0.3 is 0 Å². The number of hydrogen-bond acceptors (Lipinski definition) is 6. The molecule has 0 bridgehead atoms. The third kappa shape index (κ3) is 3.91. The zero-order valence-corrected chi connectivity index (χ0v) is 16.1. The Morgan fingerprint density at radius 1 is 1.17 bits per heavy atom. The minimum atomic E-state index is -0.261. The highest BCUT2D eigenvalue weighted by Gasteiger charge is 2.18. The summed E-state index contributed by atoms with van der Waals surface area (Å²) in [6.45, 7) is 3.89. The van der Waals surface area contributed by atoms with E-state index in [0.717, 1.165) is 5.56 Å². The Balaban J connectivity index is 1.57. The number of imidazole rings is 1. The SMILES string of the molecule is CCc1noc(-c2cccnc2-n2cnc(C(=O)N[C@H](C)c3ccccc3)c2)n1. The van der Waals surface area contributed by atoms with Gasteiger partial charge in [0.2, 0.25) is 0 Å². The van der Waals surface area contributed by atoms with Gasteiger partial charge in [-0.15, -0.1) is 0 Å². The van der Waals surface area contributed by atoms with Crippen molar-refractivity contribution in [2.75, 3.05) is 0 Å². The van der Waals surface area contributed by atoms with Crippen LogP contribution in [0.2, 0.25) is 0 Å². The second-order valence-corrected chi connectivity index (χ2v) is 6.52. The summed E-state index contributed by atoms with van der Waals surface area (Å²) in [4.78, 5) is 25.6. The molecule has 0 unspecified atom stereocenters. The number of aromatic nitrogens is 5. The van der Waals surface area contributed by atoms with Gasteiger partial charge in [0.15, 0.2) is 11.6 Å². The molecule has 0 radical (unpaired) electrons. The Morgan fingerprint density at radius 2 is 2.00 bits per heavy atom. The zero-order chi connectivity index (χ0) is 20.2. The summed E-state index contributed by atoms with van der Waals surface area (Å²) in [6, 6.07) is 13.3. The molecule has 1 aromatic carbocycles. The van der Waals surface area contributed by atoms with Crippen molar-refractivity contribution in [1.29, 1.82) is 0 Å². The molecule has 3 heterocycles. The lowest BCUT2D eigenvalue weighted by atomic mass is 10.1. The van der Waals surface area contributed by atoms with Gasteiger partial charge in [0.25, 0.3) is 11.8 Å². The summed E-state index contributed by atoms with van der Waals surface area (Å²) in [5, 5.41) is 6.90. The van der Waals surface area contributed by atoms with E-state index in [9.17, 15) is 4.79 Å². The summed E-state index contributed by atoms with van der Waals surface area (Å²) in [5.74, 6) is 1.29. The first-order valence-electron chi connectivity index (χ1n) is 9.34. The van der Waals surface area contributed by atoms with Gasteiger partial charge in [0.1, 0.15) is 12.0 Å². The topological polar surface area (TPSA) is 98.7 Å². The molecule has 3 aromatic heterocycles. The van der Waals surface area contributed by atoms with Gasteiger partial charge in [-0.3, -0.25) is 9.36 Å². The van der Waals surface area contributed by atoms with Crippen molar-refractivity contribution in [2.45, 2.75) is 26.3 Å². The van der Waals surface area contributed by atoms with E-state index in [4.69, 9.17) is 4.52 Å². The van der Waals surface area contributed by atoms with E-state index in [2.05, 4.69) is 25.4 Å². The molecule has 0 saturated carbocycles. The molecule has 0 aliphatic heterocycles. The van der Waals surface area contributed by atoms with E-state index in [1.54, 1.807) is 29.4 Å². The maximum absolute atomic E-state index is 12.6. The maximum atomic E-state index is 12.6. The number of rotatable bonds is 6. The van der Waals surface area contributed by atoms with Gasteiger partial charge in [-0.2, -0.15) is 4.98 Å². The molecule has 8 heteroatoms. The minimum Gasteiger partial charge on any atom is -0.344 e. The van der Waals surface area contributed by atoms with Gasteiger partial charge in [0.05, 0.1) is 11.6 Å². The number of pyridine rings is 1. The number of nitrogens with one attached hydrogen (secondary N) is 1. The molecule has 1 atom stereocenters. The van der Waals surface area contributed by atoms with E-state index in [-0.39, 0.29) is 11.9 Å². The fourth-order valence-corrected chi connectivity index (χ4v) is 2.93. The monoisotopic (exact) mass is 388 g/mol. The van der Waals surface area contributed by atoms with Crippen molar-refractivity contribution in [3.63, 3.8) is 0 Å². The summed E-state index contributed by atoms with van der Waals surface area (Å²) in [6.07, 6.45) is 5.52. The standard InChI is InChI=1S/C21H20N6O2/c1-3-18-25-21(29-26-18)16-10-7-11-22-19(16)27-12-17(23-13-27)20(28)24-14(2)15-8-5-4-6-9-15/h4-14H,3H2,1-2H3,(H,24,28)/t14-/m1/s1. The first-order valence-corrected chi connectivity index (χ1v) is 9.34. The number of carbonyl (C=O) groups excluding carboxylic acids is 1. The summed E-state index contributed by atoms with van der Waals surface area (Å²) < 4.78 is 7.02. The molecule has 0 aliphatic rings. The lowest BCUT2D eigenvalue weighted by molar-refractivity contribution is 0.0935. The van der Waals surface area contributed by atoms with Crippen LogP contribution >= 0.6 is 0 Å². The van der Waals surface area contributed by atoms with E-state index in [1.165, 1.54) is 0 Å². The molecule has 0 aliphatic carbocycles. The average Bonchev–Trinajstić information content (AvgIpc) is 3.44. The number of aryl methyl sites for hydroxylation is 1. The smallest absolute Gasteiger partial charge is 0.271 e. The summed E-state index contributed by atoms with van der Waals surface area (Å²) >= 11 is 0. The highest BCUT2D eigenvalue weighted by molar-refractivity contribution is 5.92. The average molecular weight is 388 g/mol. The largest absolute Gasteiger partial charge is 0.344 e. The van der Waals surface area contributed by atoms with Crippen LogP contribution in [0.15, 0.2) is 65.7 Å². The van der Waals surface area contributed by atoms with Crippen LogP contribution in [0.25, 0.3) is 17.3 Å².